The predicted octanol–water partition coefficient (Wildman–Crippen LogP) is 6.66. The summed E-state index contributed by atoms with van der Waals surface area (Å²) >= 11 is 12.7. The van der Waals surface area contributed by atoms with E-state index in [1.807, 2.05) is 13.0 Å². The molecule has 1 unspecified atom stereocenters. The molecule has 0 amide bonds. The first kappa shape index (κ1) is 25.2. The summed E-state index contributed by atoms with van der Waals surface area (Å²) in [6, 6.07) is 8.32. The van der Waals surface area contributed by atoms with Gasteiger partial charge >= 0.3 is 0 Å². The molecule has 1 fully saturated rings. The molecule has 1 aliphatic heterocycles. The maximum absolute atomic E-state index is 14.5. The highest BCUT2D eigenvalue weighted by Crippen LogP contribution is 2.41. The van der Waals surface area contributed by atoms with Crippen molar-refractivity contribution in [3.63, 3.8) is 0 Å². The van der Waals surface area contributed by atoms with Crippen molar-refractivity contribution in [1.82, 2.24) is 19.7 Å². The molecule has 3 aromatic heterocycles. The van der Waals surface area contributed by atoms with Crippen LogP contribution >= 0.6 is 23.2 Å². The number of nitrogens with zero attached hydrogens (tertiary/aromatic N) is 5. The van der Waals surface area contributed by atoms with Crippen LogP contribution in [0.4, 0.5) is 4.39 Å². The van der Waals surface area contributed by atoms with Crippen molar-refractivity contribution in [3.05, 3.63) is 63.8 Å². The molecule has 190 valence electrons. The summed E-state index contributed by atoms with van der Waals surface area (Å²) in [5.41, 5.74) is 1.86. The third kappa shape index (κ3) is 4.80. The summed E-state index contributed by atoms with van der Waals surface area (Å²) < 4.78 is 34.2. The molecule has 1 aliphatic rings. The van der Waals surface area contributed by atoms with Crippen LogP contribution in [0.15, 0.2) is 36.7 Å². The van der Waals surface area contributed by atoms with E-state index in [0.29, 0.717) is 50.3 Å². The maximum atomic E-state index is 14.5. The summed E-state index contributed by atoms with van der Waals surface area (Å²) in [6.07, 6.45) is 4.92. The maximum Gasteiger partial charge on any atom is 0.231 e. The first-order valence-corrected chi connectivity index (χ1v) is 12.4. The van der Waals surface area contributed by atoms with Gasteiger partial charge in [-0.3, -0.25) is 4.98 Å². The Hall–Kier alpha value is -3.45. The number of hydrogen-bond donors (Lipinski definition) is 0. The van der Waals surface area contributed by atoms with Crippen molar-refractivity contribution in [2.75, 3.05) is 13.7 Å². The molecule has 8 nitrogen and oxygen atoms in total. The van der Waals surface area contributed by atoms with Gasteiger partial charge in [-0.1, -0.05) is 23.2 Å². The standard InChI is InChI=1S/C26H22Cl2FN5O3/c1-14(24-17(27)12-31-13-18(24)28)37-22-9-16-20(10-21(22)35-2)34(23-5-3-4-8-36-23)33-25(16)19-7-6-15(11-30)26(29)32-19/h6-7,9-10,12-14,23H,3-5,8H2,1-2H3/t14-,23?/m1/s1. The summed E-state index contributed by atoms with van der Waals surface area (Å²) in [5, 5.41) is 15.3. The number of aromatic nitrogens is 4. The van der Waals surface area contributed by atoms with E-state index in [2.05, 4.69) is 9.97 Å². The second-order valence-corrected chi connectivity index (χ2v) is 9.37. The molecular formula is C26H22Cl2FN5O3. The molecule has 0 bridgehead atoms. The van der Waals surface area contributed by atoms with E-state index in [9.17, 15) is 4.39 Å². The molecule has 0 N–H and O–H groups in total. The SMILES string of the molecule is COc1cc2c(cc1O[C@H](C)c1c(Cl)cncc1Cl)c(-c1ccc(C#N)c(F)n1)nn2C1CCCCO1. The lowest BCUT2D eigenvalue weighted by atomic mass is 10.1. The van der Waals surface area contributed by atoms with Gasteiger partial charge in [0, 0.05) is 36.0 Å². The molecule has 0 radical (unpaired) electrons. The lowest BCUT2D eigenvalue weighted by molar-refractivity contribution is -0.0365. The van der Waals surface area contributed by atoms with Crippen LogP contribution in [-0.2, 0) is 4.74 Å². The number of pyridine rings is 2. The van der Waals surface area contributed by atoms with Crippen LogP contribution in [0.1, 0.15) is 49.6 Å². The molecule has 4 aromatic rings. The topological polar surface area (TPSA) is 95.1 Å². The molecule has 0 saturated carbocycles. The van der Waals surface area contributed by atoms with E-state index in [4.69, 9.17) is 47.8 Å². The van der Waals surface area contributed by atoms with Crippen molar-refractivity contribution < 1.29 is 18.6 Å². The quantitative estimate of drug-likeness (QED) is 0.252. The van der Waals surface area contributed by atoms with Crippen molar-refractivity contribution in [2.24, 2.45) is 0 Å². The largest absolute Gasteiger partial charge is 0.493 e. The Balaban J connectivity index is 1.66. The molecule has 37 heavy (non-hydrogen) atoms. The highest BCUT2D eigenvalue weighted by Gasteiger charge is 2.26. The van der Waals surface area contributed by atoms with Gasteiger partial charge in [-0.05, 0) is 44.4 Å². The Morgan fingerprint density at radius 2 is 1.97 bits per heavy atom. The lowest BCUT2D eigenvalue weighted by Crippen LogP contribution is -2.19. The number of rotatable bonds is 6. The van der Waals surface area contributed by atoms with Crippen LogP contribution in [0, 0.1) is 17.3 Å². The Labute approximate surface area is 222 Å². The van der Waals surface area contributed by atoms with Crippen molar-refractivity contribution in [2.45, 2.75) is 38.5 Å². The number of nitriles is 1. The molecule has 4 heterocycles. The summed E-state index contributed by atoms with van der Waals surface area (Å²) in [5.74, 6) is 0.00579. The van der Waals surface area contributed by atoms with Crippen LogP contribution in [0.2, 0.25) is 10.0 Å². The molecule has 1 aromatic carbocycles. The molecular weight excluding hydrogens is 520 g/mol. The summed E-state index contributed by atoms with van der Waals surface area (Å²) in [7, 11) is 1.54. The molecule has 2 atom stereocenters. The minimum Gasteiger partial charge on any atom is -0.493 e. The molecule has 11 heteroatoms. The van der Waals surface area contributed by atoms with Crippen LogP contribution in [0.3, 0.4) is 0 Å². The van der Waals surface area contributed by atoms with Gasteiger partial charge in [0.05, 0.1) is 28.4 Å². The minimum absolute atomic E-state index is 0.145. The zero-order valence-corrected chi connectivity index (χ0v) is 21.6. The smallest absolute Gasteiger partial charge is 0.231 e. The number of halogens is 3. The van der Waals surface area contributed by atoms with Gasteiger partial charge in [-0.25, -0.2) is 9.67 Å². The number of methoxy groups -OCH3 is 1. The Morgan fingerprint density at radius 3 is 2.62 bits per heavy atom. The van der Waals surface area contributed by atoms with E-state index < -0.39 is 12.1 Å². The van der Waals surface area contributed by atoms with Crippen LogP contribution in [0.5, 0.6) is 11.5 Å². The van der Waals surface area contributed by atoms with Gasteiger partial charge < -0.3 is 14.2 Å². The van der Waals surface area contributed by atoms with Gasteiger partial charge in [0.15, 0.2) is 17.7 Å². The van der Waals surface area contributed by atoms with Gasteiger partial charge in [-0.15, -0.1) is 0 Å². The van der Waals surface area contributed by atoms with Crippen LogP contribution < -0.4 is 9.47 Å². The fourth-order valence-corrected chi connectivity index (χ4v) is 5.10. The third-order valence-electron chi connectivity index (χ3n) is 6.23. The number of ether oxygens (including phenoxy) is 3. The highest BCUT2D eigenvalue weighted by atomic mass is 35.5. The van der Waals surface area contributed by atoms with Gasteiger partial charge in [-0.2, -0.15) is 14.8 Å². The highest BCUT2D eigenvalue weighted by molar-refractivity contribution is 6.35. The third-order valence-corrected chi connectivity index (χ3v) is 6.83. The fraction of sp³-hybridized carbons (Fsp3) is 0.308. The van der Waals surface area contributed by atoms with Gasteiger partial charge in [0.2, 0.25) is 5.95 Å². The van der Waals surface area contributed by atoms with E-state index in [-0.39, 0.29) is 17.5 Å². The zero-order valence-electron chi connectivity index (χ0n) is 20.0. The van der Waals surface area contributed by atoms with Crippen LogP contribution in [-0.4, -0.2) is 33.5 Å². The molecule has 5 rings (SSSR count). The van der Waals surface area contributed by atoms with Crippen molar-refractivity contribution >= 4 is 34.1 Å². The zero-order chi connectivity index (χ0) is 26.1. The monoisotopic (exact) mass is 541 g/mol. The Bertz CT molecular complexity index is 1490. The first-order chi connectivity index (χ1) is 17.9. The van der Waals surface area contributed by atoms with E-state index >= 15 is 0 Å². The van der Waals surface area contributed by atoms with Gasteiger partial charge in [0.1, 0.15) is 23.4 Å². The minimum atomic E-state index is -0.864. The summed E-state index contributed by atoms with van der Waals surface area (Å²) in [4.78, 5) is 8.00. The fourth-order valence-electron chi connectivity index (χ4n) is 4.43. The van der Waals surface area contributed by atoms with Crippen molar-refractivity contribution in [1.29, 1.82) is 5.26 Å². The summed E-state index contributed by atoms with van der Waals surface area (Å²) in [6.45, 7) is 2.43. The molecule has 0 spiro atoms. The Morgan fingerprint density at radius 1 is 1.19 bits per heavy atom. The van der Waals surface area contributed by atoms with Crippen LogP contribution in [0.25, 0.3) is 22.3 Å². The van der Waals surface area contributed by atoms with E-state index in [1.165, 1.54) is 18.5 Å². The number of hydrogen-bond acceptors (Lipinski definition) is 7. The average molecular weight is 542 g/mol. The number of fused-ring (bicyclic) bond motifs is 1. The second-order valence-electron chi connectivity index (χ2n) is 8.56. The number of benzene rings is 1. The second kappa shape index (κ2) is 10.5. The van der Waals surface area contributed by atoms with E-state index in [0.717, 1.165) is 19.3 Å². The van der Waals surface area contributed by atoms with Gasteiger partial charge in [0.25, 0.3) is 0 Å². The van der Waals surface area contributed by atoms with Crippen molar-refractivity contribution in [3.8, 4) is 29.0 Å². The molecule has 0 aliphatic carbocycles. The lowest BCUT2D eigenvalue weighted by Gasteiger charge is -2.24. The normalized spacial score (nSPS) is 16.4. The predicted molar refractivity (Wildman–Crippen MR) is 136 cm³/mol. The molecule has 1 saturated heterocycles. The van der Waals surface area contributed by atoms with E-state index in [1.54, 1.807) is 30.0 Å². The Kier molecular flexibility index (Phi) is 7.15. The first-order valence-electron chi connectivity index (χ1n) is 11.7. The average Bonchev–Trinajstić information content (AvgIpc) is 3.27.